The van der Waals surface area contributed by atoms with Gasteiger partial charge in [-0.3, -0.25) is 19.3 Å². The molecule has 1 aliphatic rings. The predicted octanol–water partition coefficient (Wildman–Crippen LogP) is 2.68. The summed E-state index contributed by atoms with van der Waals surface area (Å²) in [6.45, 7) is 3.60. The Bertz CT molecular complexity index is 839. The Morgan fingerprint density at radius 3 is 1.92 bits per heavy atom. The number of anilines is 1. The molecule has 0 unspecified atom stereocenters. The number of fused-ring (bicyclic) bond motifs is 1. The van der Waals surface area contributed by atoms with Crippen LogP contribution >= 0.6 is 0 Å². The summed E-state index contributed by atoms with van der Waals surface area (Å²) in [6, 6.07) is 11.8. The van der Waals surface area contributed by atoms with Gasteiger partial charge in [-0.15, -0.1) is 0 Å². The van der Waals surface area contributed by atoms with Crippen LogP contribution in [-0.4, -0.2) is 40.8 Å². The molecule has 134 valence electrons. The minimum Gasteiger partial charge on any atom is -0.508 e. The van der Waals surface area contributed by atoms with Crippen LogP contribution in [0.4, 0.5) is 5.69 Å². The van der Waals surface area contributed by atoms with Gasteiger partial charge in [0, 0.05) is 12.7 Å². The summed E-state index contributed by atoms with van der Waals surface area (Å²) in [5.74, 6) is -1.42. The molecule has 3 amide bonds. The van der Waals surface area contributed by atoms with Gasteiger partial charge in [-0.2, -0.15) is 0 Å². The van der Waals surface area contributed by atoms with E-state index in [0.29, 0.717) is 16.8 Å². The van der Waals surface area contributed by atoms with Gasteiger partial charge in [0.15, 0.2) is 0 Å². The van der Waals surface area contributed by atoms with Crippen molar-refractivity contribution in [2.75, 3.05) is 11.9 Å². The second kappa shape index (κ2) is 6.63. The molecule has 2 aromatic rings. The van der Waals surface area contributed by atoms with Crippen LogP contribution < -0.4 is 4.90 Å². The normalized spacial score (nSPS) is 14.5. The van der Waals surface area contributed by atoms with Crippen LogP contribution in [0.2, 0.25) is 0 Å². The number of benzene rings is 2. The van der Waals surface area contributed by atoms with Crippen LogP contribution in [0.15, 0.2) is 48.5 Å². The number of hydrogen-bond acceptors (Lipinski definition) is 4. The molecule has 1 N–H and O–H groups in total. The van der Waals surface area contributed by atoms with Crippen LogP contribution in [0.1, 0.15) is 34.6 Å². The first kappa shape index (κ1) is 17.7. The van der Waals surface area contributed by atoms with Crippen LogP contribution in [0, 0.1) is 5.92 Å². The average molecular weight is 352 g/mol. The van der Waals surface area contributed by atoms with Crippen LogP contribution in [0.3, 0.4) is 0 Å². The first-order chi connectivity index (χ1) is 12.3. The van der Waals surface area contributed by atoms with Gasteiger partial charge in [-0.25, -0.2) is 0 Å². The lowest BCUT2D eigenvalue weighted by Crippen LogP contribution is -2.52. The molecule has 1 heterocycles. The minimum absolute atomic E-state index is 0.0929. The number of nitrogens with zero attached hydrogens (tertiary/aromatic N) is 2. The molecule has 1 atom stereocenters. The Morgan fingerprint density at radius 1 is 0.962 bits per heavy atom. The average Bonchev–Trinajstić information content (AvgIpc) is 2.87. The number of likely N-dealkylation sites (N-methyl/N-ethyl adjacent to an activating group) is 1. The molecule has 1 aliphatic heterocycles. The van der Waals surface area contributed by atoms with Crippen molar-refractivity contribution in [3.63, 3.8) is 0 Å². The zero-order valence-electron chi connectivity index (χ0n) is 14.8. The monoisotopic (exact) mass is 352 g/mol. The van der Waals surface area contributed by atoms with E-state index in [4.69, 9.17) is 0 Å². The topological polar surface area (TPSA) is 77.9 Å². The molecule has 6 nitrogen and oxygen atoms in total. The van der Waals surface area contributed by atoms with Gasteiger partial charge in [0.25, 0.3) is 11.8 Å². The van der Waals surface area contributed by atoms with Gasteiger partial charge < -0.3 is 10.0 Å². The highest BCUT2D eigenvalue weighted by molar-refractivity contribution is 6.23. The molecule has 0 radical (unpaired) electrons. The Balaban J connectivity index is 1.95. The number of rotatable bonds is 4. The quantitative estimate of drug-likeness (QED) is 0.858. The maximum Gasteiger partial charge on any atom is 0.262 e. The summed E-state index contributed by atoms with van der Waals surface area (Å²) in [7, 11) is 1.59. The maximum absolute atomic E-state index is 13.1. The summed E-state index contributed by atoms with van der Waals surface area (Å²) in [4.78, 5) is 41.1. The van der Waals surface area contributed by atoms with Crippen molar-refractivity contribution in [3.8, 4) is 5.75 Å². The van der Waals surface area contributed by atoms with Crippen molar-refractivity contribution in [1.82, 2.24) is 4.90 Å². The Labute approximate surface area is 151 Å². The molecular weight excluding hydrogens is 332 g/mol. The molecule has 3 rings (SSSR count). The van der Waals surface area contributed by atoms with Gasteiger partial charge in [-0.1, -0.05) is 26.0 Å². The molecule has 0 fully saturated rings. The number of imide groups is 1. The first-order valence-corrected chi connectivity index (χ1v) is 8.36. The molecule has 2 aromatic carbocycles. The zero-order valence-corrected chi connectivity index (χ0v) is 14.8. The van der Waals surface area contributed by atoms with E-state index in [0.717, 1.165) is 4.90 Å². The van der Waals surface area contributed by atoms with Crippen LogP contribution in [0.25, 0.3) is 0 Å². The Hall–Kier alpha value is -3.15. The lowest BCUT2D eigenvalue weighted by atomic mass is 10.0. The second-order valence-corrected chi connectivity index (χ2v) is 6.63. The fraction of sp³-hybridized carbons (Fsp3) is 0.250. The highest BCUT2D eigenvalue weighted by Gasteiger charge is 2.44. The standard InChI is InChI=1S/C20H20N2O4/c1-12(2)17(20(26)21(3)13-8-10-14(23)11-9-13)22-18(24)15-6-4-5-7-16(15)19(22)25/h4-12,17,23H,1-3H3/t17-/m0/s1. The highest BCUT2D eigenvalue weighted by Crippen LogP contribution is 2.29. The molecular formula is C20H20N2O4. The summed E-state index contributed by atoms with van der Waals surface area (Å²) >= 11 is 0. The number of phenols is 1. The van der Waals surface area contributed by atoms with Crippen molar-refractivity contribution >= 4 is 23.4 Å². The third kappa shape index (κ3) is 2.83. The van der Waals surface area contributed by atoms with E-state index < -0.39 is 17.9 Å². The van der Waals surface area contributed by atoms with Crippen LogP contribution in [-0.2, 0) is 4.79 Å². The molecule has 0 aromatic heterocycles. The van der Waals surface area contributed by atoms with Gasteiger partial charge >= 0.3 is 0 Å². The number of amides is 3. The van der Waals surface area contributed by atoms with Crippen molar-refractivity contribution in [3.05, 3.63) is 59.7 Å². The van der Waals surface area contributed by atoms with Gasteiger partial charge in [-0.05, 0) is 42.3 Å². The second-order valence-electron chi connectivity index (χ2n) is 6.63. The minimum atomic E-state index is -0.916. The molecule has 0 saturated carbocycles. The fourth-order valence-electron chi connectivity index (χ4n) is 3.16. The molecule has 0 aliphatic carbocycles. The number of phenolic OH excluding ortho intramolecular Hbond substituents is 1. The molecule has 0 bridgehead atoms. The number of carbonyl (C=O) groups excluding carboxylic acids is 3. The van der Waals surface area contributed by atoms with Crippen molar-refractivity contribution < 1.29 is 19.5 Å². The van der Waals surface area contributed by atoms with E-state index in [1.54, 1.807) is 57.3 Å². The molecule has 26 heavy (non-hydrogen) atoms. The summed E-state index contributed by atoms with van der Waals surface area (Å²) in [6.07, 6.45) is 0. The van der Waals surface area contributed by atoms with E-state index in [1.807, 2.05) is 0 Å². The van der Waals surface area contributed by atoms with Gasteiger partial charge in [0.05, 0.1) is 11.1 Å². The van der Waals surface area contributed by atoms with Crippen molar-refractivity contribution in [1.29, 1.82) is 0 Å². The van der Waals surface area contributed by atoms with E-state index in [1.165, 1.54) is 17.0 Å². The zero-order chi connectivity index (χ0) is 19.0. The number of hydrogen-bond donors (Lipinski definition) is 1. The molecule has 6 heteroatoms. The third-order valence-electron chi connectivity index (χ3n) is 4.56. The summed E-state index contributed by atoms with van der Waals surface area (Å²) in [5.41, 5.74) is 1.21. The fourth-order valence-corrected chi connectivity index (χ4v) is 3.16. The van der Waals surface area contributed by atoms with Gasteiger partial charge in [0.1, 0.15) is 11.8 Å². The van der Waals surface area contributed by atoms with Crippen LogP contribution in [0.5, 0.6) is 5.75 Å². The smallest absolute Gasteiger partial charge is 0.262 e. The van der Waals surface area contributed by atoms with E-state index in [2.05, 4.69) is 0 Å². The van der Waals surface area contributed by atoms with Gasteiger partial charge in [0.2, 0.25) is 5.91 Å². The predicted molar refractivity (Wildman–Crippen MR) is 97.1 cm³/mol. The lowest BCUT2D eigenvalue weighted by Gasteiger charge is -2.32. The highest BCUT2D eigenvalue weighted by atomic mass is 16.3. The largest absolute Gasteiger partial charge is 0.508 e. The SMILES string of the molecule is CC(C)[C@@H](C(=O)N(C)c1ccc(O)cc1)N1C(=O)c2ccccc2C1=O. The first-order valence-electron chi connectivity index (χ1n) is 8.36. The summed E-state index contributed by atoms with van der Waals surface area (Å²) in [5, 5.41) is 9.42. The number of aromatic hydroxyl groups is 1. The maximum atomic E-state index is 13.1. The number of carbonyl (C=O) groups is 3. The Kier molecular flexibility index (Phi) is 4.50. The Morgan fingerprint density at radius 2 is 1.46 bits per heavy atom. The third-order valence-corrected chi connectivity index (χ3v) is 4.56. The molecule has 0 spiro atoms. The van der Waals surface area contributed by atoms with E-state index in [-0.39, 0.29) is 17.6 Å². The molecule has 0 saturated heterocycles. The van der Waals surface area contributed by atoms with E-state index in [9.17, 15) is 19.5 Å². The summed E-state index contributed by atoms with van der Waals surface area (Å²) < 4.78 is 0. The lowest BCUT2D eigenvalue weighted by molar-refractivity contribution is -0.123. The van der Waals surface area contributed by atoms with Crippen molar-refractivity contribution in [2.45, 2.75) is 19.9 Å². The van der Waals surface area contributed by atoms with Crippen molar-refractivity contribution in [2.24, 2.45) is 5.92 Å². The van der Waals surface area contributed by atoms with E-state index >= 15 is 0 Å².